The van der Waals surface area contributed by atoms with Gasteiger partial charge >= 0.3 is 0 Å². The fourth-order valence-corrected chi connectivity index (χ4v) is 3.73. The highest BCUT2D eigenvalue weighted by Gasteiger charge is 2.35. The second kappa shape index (κ2) is 6.14. The number of rotatable bonds is 4. The van der Waals surface area contributed by atoms with Crippen LogP contribution in [0.25, 0.3) is 0 Å². The summed E-state index contributed by atoms with van der Waals surface area (Å²) in [6.45, 7) is 10.3. The number of hydrogen-bond acceptors (Lipinski definition) is 4. The van der Waals surface area contributed by atoms with E-state index in [0.29, 0.717) is 12.1 Å². The Hall–Kier alpha value is -1.42. The van der Waals surface area contributed by atoms with Gasteiger partial charge in [-0.05, 0) is 57.6 Å². The van der Waals surface area contributed by atoms with Gasteiger partial charge in [0.25, 0.3) is 0 Å². The van der Waals surface area contributed by atoms with Gasteiger partial charge in [0.2, 0.25) is 5.95 Å². The van der Waals surface area contributed by atoms with E-state index in [2.05, 4.69) is 35.6 Å². The lowest BCUT2D eigenvalue weighted by atomic mass is 9.77. The number of piperidine rings is 1. The van der Waals surface area contributed by atoms with Crippen molar-refractivity contribution in [3.63, 3.8) is 0 Å². The predicted molar refractivity (Wildman–Crippen MR) is 86.5 cm³/mol. The molecule has 114 valence electrons. The molecule has 21 heavy (non-hydrogen) atoms. The van der Waals surface area contributed by atoms with E-state index in [1.807, 2.05) is 12.3 Å². The molecule has 0 amide bonds. The molecule has 4 heteroatoms. The van der Waals surface area contributed by atoms with E-state index in [1.54, 1.807) is 0 Å². The molecular formula is C17H26N4. The molecule has 1 aliphatic heterocycles. The molecule has 0 spiro atoms. The summed E-state index contributed by atoms with van der Waals surface area (Å²) in [5, 5.41) is 3.31. The highest BCUT2D eigenvalue weighted by atomic mass is 15.2. The standard InChI is InChI=1S/C17H26N4/c1-4-7-21-8-5-6-13-9-15-14(10-16(13)21)11-18-17(20-15)19-12(2)3/h4,11-13,16H,1,5-10H2,2-3H3,(H,18,19,20)/t13-,16-/m0/s1. The van der Waals surface area contributed by atoms with E-state index in [9.17, 15) is 0 Å². The van der Waals surface area contributed by atoms with Gasteiger partial charge in [-0.3, -0.25) is 4.90 Å². The quantitative estimate of drug-likeness (QED) is 0.864. The van der Waals surface area contributed by atoms with Crippen LogP contribution in [-0.2, 0) is 12.8 Å². The lowest BCUT2D eigenvalue weighted by Gasteiger charge is -2.43. The molecule has 1 aliphatic carbocycles. The van der Waals surface area contributed by atoms with Crippen LogP contribution in [0.5, 0.6) is 0 Å². The summed E-state index contributed by atoms with van der Waals surface area (Å²) in [4.78, 5) is 11.8. The third-order valence-corrected chi connectivity index (χ3v) is 4.65. The minimum atomic E-state index is 0.372. The maximum Gasteiger partial charge on any atom is 0.223 e. The van der Waals surface area contributed by atoms with Crippen molar-refractivity contribution >= 4 is 5.95 Å². The third-order valence-electron chi connectivity index (χ3n) is 4.65. The molecule has 0 bridgehead atoms. The van der Waals surface area contributed by atoms with Gasteiger partial charge in [-0.2, -0.15) is 0 Å². The van der Waals surface area contributed by atoms with Crippen LogP contribution in [-0.4, -0.2) is 40.0 Å². The Labute approximate surface area is 127 Å². The number of aromatic nitrogens is 2. The van der Waals surface area contributed by atoms with Gasteiger partial charge in [-0.15, -0.1) is 6.58 Å². The smallest absolute Gasteiger partial charge is 0.223 e. The zero-order chi connectivity index (χ0) is 14.8. The molecule has 1 aromatic rings. The topological polar surface area (TPSA) is 41.1 Å². The first kappa shape index (κ1) is 14.5. The normalized spacial score (nSPS) is 25.3. The van der Waals surface area contributed by atoms with E-state index in [0.717, 1.165) is 31.3 Å². The molecule has 0 radical (unpaired) electrons. The second-order valence-corrected chi connectivity index (χ2v) is 6.63. The highest BCUT2D eigenvalue weighted by Crippen LogP contribution is 2.34. The summed E-state index contributed by atoms with van der Waals surface area (Å²) in [5.74, 6) is 1.52. The molecular weight excluding hydrogens is 260 g/mol. The molecule has 4 nitrogen and oxygen atoms in total. The predicted octanol–water partition coefficient (Wildman–Crippen LogP) is 2.66. The number of anilines is 1. The maximum atomic E-state index is 4.75. The van der Waals surface area contributed by atoms with Crippen molar-refractivity contribution < 1.29 is 0 Å². The van der Waals surface area contributed by atoms with Crippen LogP contribution in [0.15, 0.2) is 18.9 Å². The van der Waals surface area contributed by atoms with Gasteiger partial charge in [-0.1, -0.05) is 6.08 Å². The molecule has 3 rings (SSSR count). The van der Waals surface area contributed by atoms with Crippen molar-refractivity contribution in [2.75, 3.05) is 18.4 Å². The summed E-state index contributed by atoms with van der Waals surface area (Å²) in [6, 6.07) is 1.02. The van der Waals surface area contributed by atoms with Crippen molar-refractivity contribution in [1.82, 2.24) is 14.9 Å². The fourth-order valence-electron chi connectivity index (χ4n) is 3.73. The van der Waals surface area contributed by atoms with Crippen molar-refractivity contribution in [2.24, 2.45) is 5.92 Å². The van der Waals surface area contributed by atoms with E-state index >= 15 is 0 Å². The maximum absolute atomic E-state index is 4.75. The van der Waals surface area contributed by atoms with Crippen molar-refractivity contribution in [1.29, 1.82) is 0 Å². The van der Waals surface area contributed by atoms with E-state index in [1.165, 1.54) is 30.6 Å². The third kappa shape index (κ3) is 3.10. The molecule has 2 heterocycles. The van der Waals surface area contributed by atoms with Gasteiger partial charge in [0.05, 0.1) is 0 Å². The van der Waals surface area contributed by atoms with Crippen LogP contribution in [0.2, 0.25) is 0 Å². The van der Waals surface area contributed by atoms with Crippen LogP contribution >= 0.6 is 0 Å². The molecule has 0 aromatic carbocycles. The average Bonchev–Trinajstić information content (AvgIpc) is 2.45. The van der Waals surface area contributed by atoms with Gasteiger partial charge in [0.1, 0.15) is 0 Å². The summed E-state index contributed by atoms with van der Waals surface area (Å²) in [6.07, 6.45) is 8.88. The monoisotopic (exact) mass is 286 g/mol. The first-order chi connectivity index (χ1) is 10.2. The first-order valence-electron chi connectivity index (χ1n) is 8.13. The average molecular weight is 286 g/mol. The molecule has 2 aliphatic rings. The van der Waals surface area contributed by atoms with Crippen molar-refractivity contribution in [2.45, 2.75) is 51.6 Å². The second-order valence-electron chi connectivity index (χ2n) is 6.63. The summed E-state index contributed by atoms with van der Waals surface area (Å²) < 4.78 is 0. The molecule has 1 N–H and O–H groups in total. The molecule has 0 saturated carbocycles. The zero-order valence-corrected chi connectivity index (χ0v) is 13.2. The largest absolute Gasteiger partial charge is 0.352 e. The van der Waals surface area contributed by atoms with Crippen LogP contribution in [0.1, 0.15) is 37.9 Å². The Bertz CT molecular complexity index is 512. The van der Waals surface area contributed by atoms with Gasteiger partial charge in [-0.25, -0.2) is 9.97 Å². The molecule has 1 aromatic heterocycles. The number of fused-ring (bicyclic) bond motifs is 2. The van der Waals surface area contributed by atoms with Crippen molar-refractivity contribution in [3.05, 3.63) is 30.1 Å². The minimum absolute atomic E-state index is 0.372. The van der Waals surface area contributed by atoms with Crippen LogP contribution < -0.4 is 5.32 Å². The Morgan fingerprint density at radius 3 is 3.10 bits per heavy atom. The molecule has 1 fully saturated rings. The van der Waals surface area contributed by atoms with Crippen molar-refractivity contribution in [3.8, 4) is 0 Å². The fraction of sp³-hybridized carbons (Fsp3) is 0.647. The molecule has 0 unspecified atom stereocenters. The van der Waals surface area contributed by atoms with Crippen LogP contribution in [0.4, 0.5) is 5.95 Å². The number of nitrogens with zero attached hydrogens (tertiary/aromatic N) is 3. The van der Waals surface area contributed by atoms with E-state index < -0.39 is 0 Å². The lowest BCUT2D eigenvalue weighted by Crippen LogP contribution is -2.49. The van der Waals surface area contributed by atoms with Gasteiger partial charge in [0.15, 0.2) is 0 Å². The van der Waals surface area contributed by atoms with Crippen LogP contribution in [0, 0.1) is 5.92 Å². The summed E-state index contributed by atoms with van der Waals surface area (Å²) in [7, 11) is 0. The van der Waals surface area contributed by atoms with E-state index in [4.69, 9.17) is 4.98 Å². The number of hydrogen-bond donors (Lipinski definition) is 1. The Kier molecular flexibility index (Phi) is 4.24. The summed E-state index contributed by atoms with van der Waals surface area (Å²) in [5.41, 5.74) is 2.59. The lowest BCUT2D eigenvalue weighted by molar-refractivity contribution is 0.0962. The molecule has 2 atom stereocenters. The van der Waals surface area contributed by atoms with Gasteiger partial charge < -0.3 is 5.32 Å². The Morgan fingerprint density at radius 2 is 2.33 bits per heavy atom. The number of nitrogens with one attached hydrogen (secondary N) is 1. The SMILES string of the molecule is C=CCN1CCC[C@H]2Cc3nc(NC(C)C)ncc3C[C@@H]21. The van der Waals surface area contributed by atoms with Crippen LogP contribution in [0.3, 0.4) is 0 Å². The first-order valence-corrected chi connectivity index (χ1v) is 8.13. The molecule has 1 saturated heterocycles. The minimum Gasteiger partial charge on any atom is -0.352 e. The Balaban J connectivity index is 1.81. The number of likely N-dealkylation sites (tertiary alicyclic amines) is 1. The van der Waals surface area contributed by atoms with E-state index in [-0.39, 0.29) is 0 Å². The Morgan fingerprint density at radius 1 is 1.48 bits per heavy atom. The zero-order valence-electron chi connectivity index (χ0n) is 13.2. The summed E-state index contributed by atoms with van der Waals surface area (Å²) >= 11 is 0. The van der Waals surface area contributed by atoms with Gasteiger partial charge in [0, 0.05) is 30.5 Å². The highest BCUT2D eigenvalue weighted by molar-refractivity contribution is 5.33.